The van der Waals surface area contributed by atoms with Crippen molar-refractivity contribution in [3.63, 3.8) is 0 Å². The molecule has 2 aromatic carbocycles. The molecule has 9 nitrogen and oxygen atoms in total. The number of methoxy groups -OCH3 is 2. The molecule has 2 heterocycles. The van der Waals surface area contributed by atoms with Gasteiger partial charge in [0.1, 0.15) is 22.0 Å². The smallest absolute Gasteiger partial charge is 0.338 e. The summed E-state index contributed by atoms with van der Waals surface area (Å²) < 4.78 is 23.4. The van der Waals surface area contributed by atoms with Crippen LogP contribution in [0, 0.1) is 0 Å². The van der Waals surface area contributed by atoms with Crippen LogP contribution in [0.15, 0.2) is 58.9 Å². The highest BCUT2D eigenvalue weighted by Gasteiger charge is 2.40. The maximum absolute atomic E-state index is 13.7. The second-order valence-electron chi connectivity index (χ2n) is 8.93. The molecule has 0 radical (unpaired) electrons. The average Bonchev–Trinajstić information content (AvgIpc) is 3.23. The minimum Gasteiger partial charge on any atom is -0.497 e. The summed E-state index contributed by atoms with van der Waals surface area (Å²) in [7, 11) is 3.08. The Morgan fingerprint density at radius 2 is 1.69 bits per heavy atom. The normalized spacial score (nSPS) is 15.3. The van der Waals surface area contributed by atoms with Crippen molar-refractivity contribution in [1.82, 2.24) is 4.57 Å². The molecule has 0 aliphatic carbocycles. The van der Waals surface area contributed by atoms with Crippen molar-refractivity contribution in [2.24, 2.45) is 5.73 Å². The molecule has 0 fully saturated rings. The Morgan fingerprint density at radius 1 is 1.03 bits per heavy atom. The quantitative estimate of drug-likeness (QED) is 0.425. The van der Waals surface area contributed by atoms with Gasteiger partial charge in [0.2, 0.25) is 0 Å². The van der Waals surface area contributed by atoms with Gasteiger partial charge < -0.3 is 24.7 Å². The monoisotopic (exact) mass is 550 g/mol. The fourth-order valence-corrected chi connectivity index (χ4v) is 5.53. The second-order valence-corrected chi connectivity index (χ2v) is 9.96. The summed E-state index contributed by atoms with van der Waals surface area (Å²) >= 11 is 1.09. The van der Waals surface area contributed by atoms with Crippen molar-refractivity contribution in [1.29, 1.82) is 0 Å². The maximum atomic E-state index is 13.7. The molecule has 3 aromatic rings. The molecule has 1 aliphatic heterocycles. The van der Waals surface area contributed by atoms with Gasteiger partial charge in [-0.25, -0.2) is 9.59 Å². The summed E-state index contributed by atoms with van der Waals surface area (Å²) in [6.45, 7) is 5.19. The van der Waals surface area contributed by atoms with Crippen molar-refractivity contribution in [2.75, 3.05) is 20.8 Å². The van der Waals surface area contributed by atoms with E-state index in [2.05, 4.69) is 0 Å². The number of nitrogens with two attached hydrogens (primary N) is 1. The number of hydrogen-bond acceptors (Lipinski definition) is 9. The summed E-state index contributed by atoms with van der Waals surface area (Å²) in [4.78, 5) is 40.7. The van der Waals surface area contributed by atoms with Gasteiger partial charge in [-0.2, -0.15) is 0 Å². The Hall–Kier alpha value is -4.31. The molecule has 1 aliphatic rings. The maximum Gasteiger partial charge on any atom is 0.338 e. The number of carbonyl (C=O) groups excluding carboxylic acids is 2. The number of thiazole rings is 1. The van der Waals surface area contributed by atoms with Crippen LogP contribution < -0.4 is 30.0 Å². The summed E-state index contributed by atoms with van der Waals surface area (Å²) in [6.07, 6.45) is 1.23. The number of hydrogen-bond donors (Lipinski definition) is 1. The third-order valence-electron chi connectivity index (χ3n) is 6.02. The van der Waals surface area contributed by atoms with Crippen molar-refractivity contribution in [3.8, 4) is 11.5 Å². The van der Waals surface area contributed by atoms with Crippen LogP contribution in [0.1, 0.15) is 37.8 Å². The lowest BCUT2D eigenvalue weighted by molar-refractivity contribution is -0.140. The first-order valence-electron chi connectivity index (χ1n) is 12.3. The van der Waals surface area contributed by atoms with Gasteiger partial charge >= 0.3 is 11.9 Å². The standard InChI is InChI=1S/C29H30N2O7S/c1-6-37-28(33)23-22(18-10-8-12-20(15-18)36-5)24(29(34)38-16(2)3)27-31(25(23)30)26(32)21(39-27)14-17-9-7-11-19(13-17)35-4/h7-16,22H,6,30H2,1-5H3/b21-14-. The van der Waals surface area contributed by atoms with Crippen molar-refractivity contribution in [3.05, 3.63) is 84.8 Å². The molecule has 4 rings (SSSR count). The molecule has 204 valence electrons. The zero-order valence-corrected chi connectivity index (χ0v) is 23.2. The van der Waals surface area contributed by atoms with Gasteiger partial charge in [-0.15, -0.1) is 11.3 Å². The van der Waals surface area contributed by atoms with Gasteiger partial charge in [0, 0.05) is 0 Å². The van der Waals surface area contributed by atoms with Gasteiger partial charge in [-0.05, 0) is 62.2 Å². The molecular weight excluding hydrogens is 520 g/mol. The van der Waals surface area contributed by atoms with E-state index in [-0.39, 0.29) is 28.2 Å². The first-order chi connectivity index (χ1) is 18.7. The van der Waals surface area contributed by atoms with Crippen molar-refractivity contribution < 1.29 is 28.5 Å². The van der Waals surface area contributed by atoms with Crippen LogP contribution in [0.25, 0.3) is 17.5 Å². The Balaban J connectivity index is 2.11. The number of rotatable bonds is 8. The molecule has 0 spiro atoms. The summed E-state index contributed by atoms with van der Waals surface area (Å²) in [6, 6.07) is 14.2. The number of aromatic nitrogens is 1. The number of nitrogens with zero attached hydrogens (tertiary/aromatic N) is 1. The number of esters is 2. The molecule has 0 amide bonds. The van der Waals surface area contributed by atoms with Gasteiger partial charge in [0.15, 0.2) is 0 Å². The van der Waals surface area contributed by atoms with E-state index in [0.717, 1.165) is 16.9 Å². The molecular formula is C29H30N2O7S. The number of fused-ring (bicyclic) bond motifs is 1. The van der Waals surface area contributed by atoms with E-state index in [4.69, 9.17) is 24.7 Å². The third-order valence-corrected chi connectivity index (χ3v) is 7.13. The molecule has 2 N–H and O–H groups in total. The fraction of sp³-hybridized carbons (Fsp3) is 0.276. The molecule has 0 saturated heterocycles. The fourth-order valence-electron chi connectivity index (χ4n) is 4.37. The Labute approximate surface area is 229 Å². The molecule has 1 atom stereocenters. The lowest BCUT2D eigenvalue weighted by Crippen LogP contribution is -2.42. The molecule has 0 bridgehead atoms. The lowest BCUT2D eigenvalue weighted by Gasteiger charge is -2.27. The van der Waals surface area contributed by atoms with Gasteiger partial charge in [0.05, 0.1) is 48.5 Å². The zero-order chi connectivity index (χ0) is 28.3. The highest BCUT2D eigenvalue weighted by Crippen LogP contribution is 2.39. The minimum atomic E-state index is -0.965. The topological polar surface area (TPSA) is 119 Å². The van der Waals surface area contributed by atoms with E-state index in [1.54, 1.807) is 76.4 Å². The highest BCUT2D eigenvalue weighted by atomic mass is 32.1. The van der Waals surface area contributed by atoms with Crippen LogP contribution in [0.3, 0.4) is 0 Å². The summed E-state index contributed by atoms with van der Waals surface area (Å²) in [5.41, 5.74) is 7.44. The van der Waals surface area contributed by atoms with E-state index in [1.807, 2.05) is 6.07 Å². The van der Waals surface area contributed by atoms with Crippen LogP contribution in [0.5, 0.6) is 11.5 Å². The molecule has 1 unspecified atom stereocenters. The van der Waals surface area contributed by atoms with Crippen LogP contribution in [0.4, 0.5) is 0 Å². The van der Waals surface area contributed by atoms with Crippen LogP contribution in [-0.2, 0) is 19.1 Å². The van der Waals surface area contributed by atoms with Crippen LogP contribution in [0.2, 0.25) is 0 Å². The highest BCUT2D eigenvalue weighted by molar-refractivity contribution is 7.07. The first kappa shape index (κ1) is 27.7. The van der Waals surface area contributed by atoms with E-state index in [0.29, 0.717) is 21.6 Å². The number of carbonyl (C=O) groups is 2. The van der Waals surface area contributed by atoms with Crippen molar-refractivity contribution in [2.45, 2.75) is 32.8 Å². The Kier molecular flexibility index (Phi) is 8.25. The Bertz CT molecular complexity index is 1630. The summed E-state index contributed by atoms with van der Waals surface area (Å²) in [5, 5.41) is 0. The van der Waals surface area contributed by atoms with E-state index in [1.165, 1.54) is 11.7 Å². The average molecular weight is 551 g/mol. The zero-order valence-electron chi connectivity index (χ0n) is 22.3. The second kappa shape index (κ2) is 11.6. The minimum absolute atomic E-state index is 0.0267. The van der Waals surface area contributed by atoms with Crippen molar-refractivity contribution >= 4 is 40.7 Å². The van der Waals surface area contributed by atoms with Gasteiger partial charge in [-0.1, -0.05) is 24.3 Å². The van der Waals surface area contributed by atoms with Crippen LogP contribution >= 0.6 is 11.3 Å². The van der Waals surface area contributed by atoms with E-state index >= 15 is 0 Å². The largest absolute Gasteiger partial charge is 0.497 e. The molecule has 0 saturated carbocycles. The SMILES string of the molecule is CCOC(=O)C1=C(N)n2c(s/c(=C\c3cccc(OC)c3)c2=O)=C(C(=O)OC(C)C)C1c1cccc(OC)c1. The predicted octanol–water partition coefficient (Wildman–Crippen LogP) is 2.35. The summed E-state index contributed by atoms with van der Waals surface area (Å²) in [5.74, 6) is -1.33. The first-order valence-corrected chi connectivity index (χ1v) is 13.2. The van der Waals surface area contributed by atoms with Gasteiger partial charge in [0.25, 0.3) is 5.56 Å². The van der Waals surface area contributed by atoms with E-state index in [9.17, 15) is 14.4 Å². The van der Waals surface area contributed by atoms with Crippen LogP contribution in [-0.4, -0.2) is 43.4 Å². The predicted molar refractivity (Wildman–Crippen MR) is 149 cm³/mol. The van der Waals surface area contributed by atoms with E-state index < -0.39 is 29.5 Å². The molecule has 10 heteroatoms. The lowest BCUT2D eigenvalue weighted by atomic mass is 9.83. The number of benzene rings is 2. The Morgan fingerprint density at radius 3 is 2.33 bits per heavy atom. The molecule has 39 heavy (non-hydrogen) atoms. The van der Waals surface area contributed by atoms with Gasteiger partial charge in [-0.3, -0.25) is 9.36 Å². The molecule has 1 aromatic heterocycles. The third kappa shape index (κ3) is 5.46. The number of ether oxygens (including phenoxy) is 4.